The van der Waals surface area contributed by atoms with E-state index in [4.69, 9.17) is 0 Å². The van der Waals surface area contributed by atoms with E-state index in [-0.39, 0.29) is 24.1 Å². The molecule has 1 saturated carbocycles. The standard InChI is InChI=1S/C16H22F2N2O2/c1-9(2)6-10(21)8-19-16(22)20-14-7-11(14)15-12(17)4-3-5-13(15)18/h3-5,9-11,14,21H,6-8H2,1-2H3,(H2,19,20,22). The monoisotopic (exact) mass is 312 g/mol. The second-order valence-corrected chi connectivity index (χ2v) is 6.22. The molecule has 0 bridgehead atoms. The Labute approximate surface area is 128 Å². The summed E-state index contributed by atoms with van der Waals surface area (Å²) < 4.78 is 27.3. The lowest BCUT2D eigenvalue weighted by atomic mass is 10.1. The maximum Gasteiger partial charge on any atom is 0.315 e. The summed E-state index contributed by atoms with van der Waals surface area (Å²) in [5.74, 6) is -1.15. The van der Waals surface area contributed by atoms with Crippen molar-refractivity contribution in [3.05, 3.63) is 35.4 Å². The summed E-state index contributed by atoms with van der Waals surface area (Å²) in [5, 5.41) is 14.9. The fourth-order valence-electron chi connectivity index (χ4n) is 2.60. The summed E-state index contributed by atoms with van der Waals surface area (Å²) in [6.45, 7) is 4.14. The van der Waals surface area contributed by atoms with E-state index in [9.17, 15) is 18.7 Å². The van der Waals surface area contributed by atoms with Crippen LogP contribution in [0.1, 0.15) is 38.2 Å². The molecule has 2 amide bonds. The Hall–Kier alpha value is -1.69. The highest BCUT2D eigenvalue weighted by Gasteiger charge is 2.42. The number of carbonyl (C=O) groups excluding carboxylic acids is 1. The normalized spacial score (nSPS) is 21.5. The molecule has 0 spiro atoms. The summed E-state index contributed by atoms with van der Waals surface area (Å²) in [5.41, 5.74) is 0.0349. The van der Waals surface area contributed by atoms with E-state index in [0.29, 0.717) is 18.8 Å². The Morgan fingerprint density at radius 3 is 2.59 bits per heavy atom. The summed E-state index contributed by atoms with van der Waals surface area (Å²) in [7, 11) is 0. The minimum absolute atomic E-state index is 0.0349. The summed E-state index contributed by atoms with van der Waals surface area (Å²) in [4.78, 5) is 11.7. The predicted octanol–water partition coefficient (Wildman–Crippen LogP) is 2.53. The number of amides is 2. The SMILES string of the molecule is CC(C)CC(O)CNC(=O)NC1CC1c1c(F)cccc1F. The van der Waals surface area contributed by atoms with E-state index in [0.717, 1.165) is 0 Å². The van der Waals surface area contributed by atoms with Crippen molar-refractivity contribution in [3.8, 4) is 0 Å². The van der Waals surface area contributed by atoms with E-state index in [2.05, 4.69) is 10.6 Å². The third kappa shape index (κ3) is 4.40. The van der Waals surface area contributed by atoms with Crippen molar-refractivity contribution in [2.75, 3.05) is 6.54 Å². The number of halogens is 2. The maximum atomic E-state index is 13.6. The highest BCUT2D eigenvalue weighted by atomic mass is 19.1. The van der Waals surface area contributed by atoms with Gasteiger partial charge in [0.15, 0.2) is 0 Å². The van der Waals surface area contributed by atoms with Crippen LogP contribution in [-0.4, -0.2) is 29.8 Å². The molecule has 0 aliphatic heterocycles. The average Bonchev–Trinajstić information content (AvgIpc) is 3.14. The highest BCUT2D eigenvalue weighted by molar-refractivity contribution is 5.75. The third-order valence-corrected chi connectivity index (χ3v) is 3.72. The first kappa shape index (κ1) is 16.7. The van der Waals surface area contributed by atoms with E-state index in [1.807, 2.05) is 13.8 Å². The van der Waals surface area contributed by atoms with Crippen molar-refractivity contribution in [3.63, 3.8) is 0 Å². The largest absolute Gasteiger partial charge is 0.391 e. The van der Waals surface area contributed by atoms with E-state index in [1.54, 1.807) is 0 Å². The van der Waals surface area contributed by atoms with Gasteiger partial charge in [-0.05, 0) is 30.9 Å². The van der Waals surface area contributed by atoms with E-state index in [1.165, 1.54) is 18.2 Å². The van der Waals surface area contributed by atoms with Crippen molar-refractivity contribution in [2.24, 2.45) is 5.92 Å². The zero-order valence-electron chi connectivity index (χ0n) is 12.8. The van der Waals surface area contributed by atoms with Gasteiger partial charge in [-0.25, -0.2) is 13.6 Å². The highest BCUT2D eigenvalue weighted by Crippen LogP contribution is 2.42. The molecule has 1 aromatic carbocycles. The Morgan fingerprint density at radius 1 is 1.36 bits per heavy atom. The molecule has 4 nitrogen and oxygen atoms in total. The molecule has 0 saturated heterocycles. The molecule has 3 unspecified atom stereocenters. The lowest BCUT2D eigenvalue weighted by Crippen LogP contribution is -2.41. The minimum Gasteiger partial charge on any atom is -0.391 e. The fraction of sp³-hybridized carbons (Fsp3) is 0.562. The van der Waals surface area contributed by atoms with Crippen LogP contribution in [0.2, 0.25) is 0 Å². The molecule has 1 aliphatic carbocycles. The molecule has 1 aromatic rings. The quantitative estimate of drug-likeness (QED) is 0.756. The Kier molecular flexibility index (Phi) is 5.34. The Morgan fingerprint density at radius 2 is 2.00 bits per heavy atom. The molecule has 1 fully saturated rings. The molecule has 0 heterocycles. The molecule has 3 atom stereocenters. The molecule has 0 radical (unpaired) electrons. The van der Waals surface area contributed by atoms with Gasteiger partial charge >= 0.3 is 6.03 Å². The zero-order chi connectivity index (χ0) is 16.3. The van der Waals surface area contributed by atoms with Gasteiger partial charge in [-0.3, -0.25) is 0 Å². The second kappa shape index (κ2) is 7.05. The van der Waals surface area contributed by atoms with Crippen molar-refractivity contribution in [1.82, 2.24) is 10.6 Å². The summed E-state index contributed by atoms with van der Waals surface area (Å²) in [6, 6.07) is 3.06. The number of hydrogen-bond acceptors (Lipinski definition) is 2. The minimum atomic E-state index is -0.593. The van der Waals surface area contributed by atoms with Crippen LogP contribution in [-0.2, 0) is 0 Å². The molecule has 22 heavy (non-hydrogen) atoms. The van der Waals surface area contributed by atoms with Crippen LogP contribution in [0.3, 0.4) is 0 Å². The summed E-state index contributed by atoms with van der Waals surface area (Å²) >= 11 is 0. The van der Waals surface area contributed by atoms with Crippen LogP contribution >= 0.6 is 0 Å². The van der Waals surface area contributed by atoms with Gasteiger partial charge in [0.1, 0.15) is 11.6 Å². The molecular formula is C16H22F2N2O2. The molecule has 3 N–H and O–H groups in total. The van der Waals surface area contributed by atoms with Crippen LogP contribution in [0.15, 0.2) is 18.2 Å². The first-order valence-corrected chi connectivity index (χ1v) is 7.54. The molecular weight excluding hydrogens is 290 g/mol. The first-order valence-electron chi connectivity index (χ1n) is 7.54. The number of benzene rings is 1. The van der Waals surface area contributed by atoms with E-state index >= 15 is 0 Å². The molecule has 1 aliphatic rings. The lowest BCUT2D eigenvalue weighted by Gasteiger charge is -2.14. The van der Waals surface area contributed by atoms with E-state index < -0.39 is 23.8 Å². The lowest BCUT2D eigenvalue weighted by molar-refractivity contribution is 0.146. The number of carbonyl (C=O) groups is 1. The van der Waals surface area contributed by atoms with Gasteiger partial charge in [-0.15, -0.1) is 0 Å². The Balaban J connectivity index is 1.78. The van der Waals surface area contributed by atoms with Gasteiger partial charge in [0.25, 0.3) is 0 Å². The predicted molar refractivity (Wildman–Crippen MR) is 79.5 cm³/mol. The Bertz CT molecular complexity index is 517. The number of aliphatic hydroxyl groups is 1. The van der Waals surface area contributed by atoms with Crippen molar-refractivity contribution < 1.29 is 18.7 Å². The van der Waals surface area contributed by atoms with Gasteiger partial charge in [0, 0.05) is 24.1 Å². The zero-order valence-corrected chi connectivity index (χ0v) is 12.8. The molecule has 0 aromatic heterocycles. The van der Waals surface area contributed by atoms with Gasteiger partial charge < -0.3 is 15.7 Å². The van der Waals surface area contributed by atoms with Crippen molar-refractivity contribution in [1.29, 1.82) is 0 Å². The number of aliphatic hydroxyl groups excluding tert-OH is 1. The van der Waals surface area contributed by atoms with Gasteiger partial charge in [0.05, 0.1) is 6.10 Å². The van der Waals surface area contributed by atoms with Gasteiger partial charge in [0.2, 0.25) is 0 Å². The fourth-order valence-corrected chi connectivity index (χ4v) is 2.60. The van der Waals surface area contributed by atoms with Crippen LogP contribution in [0.4, 0.5) is 13.6 Å². The van der Waals surface area contributed by atoms with Crippen LogP contribution in [0.5, 0.6) is 0 Å². The second-order valence-electron chi connectivity index (χ2n) is 6.22. The number of nitrogens with one attached hydrogen (secondary N) is 2. The van der Waals surface area contributed by atoms with Crippen molar-refractivity contribution in [2.45, 2.75) is 44.8 Å². The van der Waals surface area contributed by atoms with Crippen LogP contribution < -0.4 is 10.6 Å². The third-order valence-electron chi connectivity index (χ3n) is 3.72. The smallest absolute Gasteiger partial charge is 0.315 e. The van der Waals surface area contributed by atoms with Crippen molar-refractivity contribution >= 4 is 6.03 Å². The molecule has 122 valence electrons. The first-order chi connectivity index (χ1) is 10.4. The molecule has 2 rings (SSSR count). The average molecular weight is 312 g/mol. The maximum absolute atomic E-state index is 13.6. The molecule has 6 heteroatoms. The number of rotatable bonds is 6. The number of hydrogen-bond donors (Lipinski definition) is 3. The van der Waals surface area contributed by atoms with Gasteiger partial charge in [-0.1, -0.05) is 19.9 Å². The van der Waals surface area contributed by atoms with Gasteiger partial charge in [-0.2, -0.15) is 0 Å². The number of urea groups is 1. The van der Waals surface area contributed by atoms with Crippen LogP contribution in [0, 0.1) is 17.6 Å². The van der Waals surface area contributed by atoms with Crippen LogP contribution in [0.25, 0.3) is 0 Å². The topological polar surface area (TPSA) is 61.4 Å². The summed E-state index contributed by atoms with van der Waals surface area (Å²) in [6.07, 6.45) is 0.525.